The summed E-state index contributed by atoms with van der Waals surface area (Å²) in [6.07, 6.45) is 5.20. The van der Waals surface area contributed by atoms with Crippen molar-refractivity contribution in [2.45, 2.75) is 52.8 Å². The van der Waals surface area contributed by atoms with Crippen LogP contribution in [-0.2, 0) is 17.5 Å². The lowest BCUT2D eigenvalue weighted by atomic mass is 10.0. The van der Waals surface area contributed by atoms with Gasteiger partial charge in [-0.1, -0.05) is 26.3 Å². The number of alkyl halides is 3. The van der Waals surface area contributed by atoms with E-state index in [1.165, 1.54) is 5.01 Å². The van der Waals surface area contributed by atoms with Crippen LogP contribution >= 0.6 is 0 Å². The summed E-state index contributed by atoms with van der Waals surface area (Å²) < 4.78 is 47.9. The summed E-state index contributed by atoms with van der Waals surface area (Å²) in [6, 6.07) is 5.55. The second-order valence-corrected chi connectivity index (χ2v) is 10.6. The van der Waals surface area contributed by atoms with Gasteiger partial charge in [0, 0.05) is 60.6 Å². The van der Waals surface area contributed by atoms with Crippen molar-refractivity contribution in [3.8, 4) is 5.75 Å². The third kappa shape index (κ3) is 11.3. The molecule has 1 heterocycles. The van der Waals surface area contributed by atoms with E-state index in [0.717, 1.165) is 18.7 Å². The Hall–Kier alpha value is -3.87. The number of hydrazine groups is 1. The normalized spacial score (nSPS) is 13.0. The number of halogens is 3. The number of carbonyl (C=O) groups excluding carboxylic acids is 1. The van der Waals surface area contributed by atoms with Crippen LogP contribution in [-0.4, -0.2) is 66.5 Å². The molecule has 0 aliphatic rings. The summed E-state index contributed by atoms with van der Waals surface area (Å²) in [7, 11) is 5.68. The van der Waals surface area contributed by atoms with Crippen LogP contribution in [0.4, 0.5) is 18.9 Å². The number of amides is 1. The number of nitrogens with one attached hydrogen (secondary N) is 1. The van der Waals surface area contributed by atoms with Gasteiger partial charge in [0.2, 0.25) is 0 Å². The number of hydrogen-bond donors (Lipinski definition) is 3. The minimum atomic E-state index is -4.63. The number of allylic oxidation sites excluding steroid dienone is 2. The van der Waals surface area contributed by atoms with Crippen molar-refractivity contribution >= 4 is 17.3 Å². The molecule has 0 bridgehead atoms. The Morgan fingerprint density at radius 2 is 1.86 bits per heavy atom. The first-order valence-corrected chi connectivity index (χ1v) is 14.6. The van der Waals surface area contributed by atoms with E-state index < -0.39 is 17.6 Å². The van der Waals surface area contributed by atoms with E-state index in [-0.39, 0.29) is 30.2 Å². The number of likely N-dealkylation sites (N-methyl/N-ethyl adjacent to an activating group) is 2. The first kappa shape index (κ1) is 36.3. The fraction of sp³-hybridized carbons (Fsp3) is 0.438. The van der Waals surface area contributed by atoms with Crippen molar-refractivity contribution in [3.63, 3.8) is 0 Å². The predicted molar refractivity (Wildman–Crippen MR) is 170 cm³/mol. The van der Waals surface area contributed by atoms with Crippen LogP contribution in [0.3, 0.4) is 0 Å². The molecule has 12 heteroatoms. The quantitative estimate of drug-likeness (QED) is 0.0968. The van der Waals surface area contributed by atoms with Gasteiger partial charge in [-0.05, 0) is 71.2 Å². The molecule has 2 aromatic rings. The minimum absolute atomic E-state index is 0.0551. The number of nitrogens with zero attached hydrogens (tertiary/aromatic N) is 4. The number of hydrogen-bond acceptors (Lipinski definition) is 8. The number of anilines is 1. The highest BCUT2D eigenvalue weighted by Gasteiger charge is 2.33. The van der Waals surface area contributed by atoms with Gasteiger partial charge in [-0.15, -0.1) is 0 Å². The lowest BCUT2D eigenvalue weighted by Gasteiger charge is -2.24. The summed E-state index contributed by atoms with van der Waals surface area (Å²) in [4.78, 5) is 21.6. The molecule has 0 unspecified atom stereocenters. The Kier molecular flexibility index (Phi) is 14.4. The fourth-order valence-corrected chi connectivity index (χ4v) is 4.30. The molecule has 0 radical (unpaired) electrons. The van der Waals surface area contributed by atoms with Crippen molar-refractivity contribution in [1.29, 1.82) is 0 Å². The highest BCUT2D eigenvalue weighted by atomic mass is 19.4. The van der Waals surface area contributed by atoms with Crippen molar-refractivity contribution in [3.05, 3.63) is 83.0 Å². The summed E-state index contributed by atoms with van der Waals surface area (Å²) in [5, 5.41) is 4.05. The maximum Gasteiger partial charge on any atom is 0.416 e. The van der Waals surface area contributed by atoms with Gasteiger partial charge in [0.25, 0.3) is 5.91 Å². The molecule has 0 aliphatic carbocycles. The zero-order valence-electron chi connectivity index (χ0n) is 26.5. The van der Waals surface area contributed by atoms with E-state index >= 15 is 0 Å². The van der Waals surface area contributed by atoms with Crippen LogP contribution in [0.5, 0.6) is 5.75 Å². The predicted octanol–water partition coefficient (Wildman–Crippen LogP) is 5.58. The molecular weight excluding hydrogens is 571 g/mol. The number of carbonyl (C=O) groups is 1. The van der Waals surface area contributed by atoms with Crippen molar-refractivity contribution in [2.24, 2.45) is 11.6 Å². The van der Waals surface area contributed by atoms with Gasteiger partial charge in [0.15, 0.2) is 0 Å². The molecule has 242 valence electrons. The van der Waals surface area contributed by atoms with Gasteiger partial charge in [-0.3, -0.25) is 14.8 Å². The van der Waals surface area contributed by atoms with Crippen LogP contribution in [0.1, 0.15) is 56.7 Å². The van der Waals surface area contributed by atoms with Gasteiger partial charge >= 0.3 is 6.18 Å². The zero-order chi connectivity index (χ0) is 32.9. The molecular formula is C32H46F3N7O2. The van der Waals surface area contributed by atoms with Gasteiger partial charge in [-0.2, -0.15) is 13.2 Å². The second kappa shape index (κ2) is 17.4. The first-order valence-electron chi connectivity index (χ1n) is 14.6. The van der Waals surface area contributed by atoms with Gasteiger partial charge < -0.3 is 25.6 Å². The third-order valence-corrected chi connectivity index (χ3v) is 6.52. The first-order chi connectivity index (χ1) is 20.8. The molecule has 1 aromatic heterocycles. The van der Waals surface area contributed by atoms with Crippen LogP contribution in [0.2, 0.25) is 0 Å². The molecule has 2 rings (SSSR count). The Morgan fingerprint density at radius 3 is 2.43 bits per heavy atom. The molecule has 0 atom stereocenters. The van der Waals surface area contributed by atoms with Crippen LogP contribution in [0.25, 0.3) is 5.70 Å². The van der Waals surface area contributed by atoms with Gasteiger partial charge in [0.1, 0.15) is 5.75 Å². The minimum Gasteiger partial charge on any atom is -0.491 e. The average Bonchev–Trinajstić information content (AvgIpc) is 2.96. The van der Waals surface area contributed by atoms with E-state index in [1.807, 2.05) is 44.8 Å². The van der Waals surface area contributed by atoms with Crippen LogP contribution < -0.4 is 21.6 Å². The van der Waals surface area contributed by atoms with E-state index in [0.29, 0.717) is 48.3 Å². The molecule has 1 amide bonds. The molecule has 44 heavy (non-hydrogen) atoms. The molecule has 0 saturated carbocycles. The Morgan fingerprint density at radius 1 is 1.14 bits per heavy atom. The SMILES string of the molecule is CC/C=C(\C=C(/CCC)N(N)/C=C(\N)c1cccnc1)C(=O)Nc1cc(C(F)(F)F)cc(CN(C)CCN(C)C)c1OCC. The smallest absolute Gasteiger partial charge is 0.416 e. The zero-order valence-corrected chi connectivity index (χ0v) is 26.5. The average molecular weight is 618 g/mol. The van der Waals surface area contributed by atoms with Crippen LogP contribution in [0.15, 0.2) is 66.3 Å². The molecule has 0 saturated heterocycles. The number of benzene rings is 1. The Labute approximate surface area is 259 Å². The number of ether oxygens (including phenoxy) is 1. The van der Waals surface area contributed by atoms with E-state index in [2.05, 4.69) is 10.3 Å². The van der Waals surface area contributed by atoms with Crippen molar-refractivity contribution in [2.75, 3.05) is 46.2 Å². The largest absolute Gasteiger partial charge is 0.491 e. The number of nitrogens with two attached hydrogens (primary N) is 2. The van der Waals surface area contributed by atoms with Gasteiger partial charge in [0.05, 0.1) is 23.6 Å². The molecule has 0 aliphatic heterocycles. The number of pyridine rings is 1. The molecule has 9 nitrogen and oxygen atoms in total. The topological polar surface area (TPSA) is 113 Å². The van der Waals surface area contributed by atoms with E-state index in [1.54, 1.807) is 49.8 Å². The van der Waals surface area contributed by atoms with Gasteiger partial charge in [-0.25, -0.2) is 5.84 Å². The molecule has 1 aromatic carbocycles. The lowest BCUT2D eigenvalue weighted by Crippen LogP contribution is -2.28. The Balaban J connectivity index is 2.52. The summed E-state index contributed by atoms with van der Waals surface area (Å²) in [5.41, 5.74) is 7.50. The van der Waals surface area contributed by atoms with Crippen molar-refractivity contribution < 1.29 is 22.7 Å². The second-order valence-electron chi connectivity index (χ2n) is 10.6. The molecule has 5 N–H and O–H groups in total. The van der Waals surface area contributed by atoms with E-state index in [9.17, 15) is 18.0 Å². The Bertz CT molecular complexity index is 1310. The van der Waals surface area contributed by atoms with Crippen molar-refractivity contribution in [1.82, 2.24) is 19.8 Å². The highest BCUT2D eigenvalue weighted by Crippen LogP contribution is 2.39. The molecule has 0 fully saturated rings. The number of rotatable bonds is 16. The fourth-order valence-electron chi connectivity index (χ4n) is 4.30. The van der Waals surface area contributed by atoms with E-state index in [4.69, 9.17) is 16.3 Å². The monoisotopic (exact) mass is 617 g/mol. The maximum atomic E-state index is 14.0. The summed E-state index contributed by atoms with van der Waals surface area (Å²) in [5.74, 6) is 5.97. The van der Waals surface area contributed by atoms with Crippen LogP contribution in [0, 0.1) is 0 Å². The lowest BCUT2D eigenvalue weighted by molar-refractivity contribution is -0.137. The standard InChI is InChI=1S/C32H46F3N7O2/c1-7-11-23(18-27(12-8-2)42(37)22-28(36)24-13-10-14-38-20-24)31(43)39-29-19-26(32(33,34)35)17-25(30(29)44-9-3)21-41(6)16-15-40(4)5/h10-11,13-14,17-20,22H,7-9,12,15-16,21,36-37H2,1-6H3,(H,39,43)/b23-11+,27-18+,28-22-. The number of aromatic nitrogens is 1. The summed E-state index contributed by atoms with van der Waals surface area (Å²) in [6.45, 7) is 7.31. The third-order valence-electron chi connectivity index (χ3n) is 6.52. The maximum absolute atomic E-state index is 14.0. The molecule has 0 spiro atoms. The summed E-state index contributed by atoms with van der Waals surface area (Å²) >= 11 is 0. The highest BCUT2D eigenvalue weighted by molar-refractivity contribution is 6.06.